The molecular formula is C9H14N6. The van der Waals surface area contributed by atoms with Crippen molar-refractivity contribution in [1.29, 1.82) is 0 Å². The summed E-state index contributed by atoms with van der Waals surface area (Å²) < 4.78 is 1.89. The molecular weight excluding hydrogens is 192 g/mol. The van der Waals surface area contributed by atoms with Crippen LogP contribution < -0.4 is 11.5 Å². The molecule has 2 heterocycles. The summed E-state index contributed by atoms with van der Waals surface area (Å²) >= 11 is 0. The number of nitrogens with two attached hydrogens (primary N) is 2. The molecule has 1 atom stereocenters. The quantitative estimate of drug-likeness (QED) is 0.724. The third-order valence-corrected chi connectivity index (χ3v) is 2.14. The van der Waals surface area contributed by atoms with Crippen molar-refractivity contribution in [2.45, 2.75) is 26.4 Å². The van der Waals surface area contributed by atoms with Crippen LogP contribution >= 0.6 is 0 Å². The highest BCUT2D eigenvalue weighted by molar-refractivity contribution is 5.74. The smallest absolute Gasteiger partial charge is 0.222 e. The van der Waals surface area contributed by atoms with E-state index >= 15 is 0 Å². The number of nitrogen functional groups attached to an aromatic ring is 1. The number of rotatable bonds is 2. The van der Waals surface area contributed by atoms with Crippen LogP contribution in [0.25, 0.3) is 11.2 Å². The summed E-state index contributed by atoms with van der Waals surface area (Å²) in [6.45, 7) is 4.47. The highest BCUT2D eigenvalue weighted by Crippen LogP contribution is 2.14. The first-order valence-electron chi connectivity index (χ1n) is 4.78. The molecule has 0 bridgehead atoms. The standard InChI is InChI=1S/C9H14N6/c1-5(10)3-15-4-12-7-6(2)13-9(11)14-8(7)15/h4-5H,3,10H2,1-2H3,(H2,11,13,14). The number of anilines is 1. The van der Waals surface area contributed by atoms with Gasteiger partial charge in [0.1, 0.15) is 5.52 Å². The van der Waals surface area contributed by atoms with Gasteiger partial charge in [0.05, 0.1) is 12.0 Å². The molecule has 0 aromatic carbocycles. The Morgan fingerprint density at radius 3 is 2.87 bits per heavy atom. The molecule has 0 radical (unpaired) electrons. The number of hydrogen-bond acceptors (Lipinski definition) is 5. The first-order valence-corrected chi connectivity index (χ1v) is 4.78. The van der Waals surface area contributed by atoms with Crippen LogP contribution in [-0.4, -0.2) is 25.6 Å². The molecule has 0 aliphatic carbocycles. The molecule has 0 fully saturated rings. The van der Waals surface area contributed by atoms with Gasteiger partial charge in [0.2, 0.25) is 5.95 Å². The van der Waals surface area contributed by atoms with Gasteiger partial charge in [0.15, 0.2) is 5.65 Å². The van der Waals surface area contributed by atoms with Gasteiger partial charge in [-0.05, 0) is 13.8 Å². The summed E-state index contributed by atoms with van der Waals surface area (Å²) in [5.74, 6) is 0.270. The van der Waals surface area contributed by atoms with Gasteiger partial charge in [0.25, 0.3) is 0 Å². The largest absolute Gasteiger partial charge is 0.368 e. The van der Waals surface area contributed by atoms with Crippen molar-refractivity contribution in [3.05, 3.63) is 12.0 Å². The lowest BCUT2D eigenvalue weighted by molar-refractivity contribution is 0.598. The number of hydrogen-bond donors (Lipinski definition) is 2. The van der Waals surface area contributed by atoms with Crippen LogP contribution in [0.4, 0.5) is 5.95 Å². The zero-order valence-corrected chi connectivity index (χ0v) is 8.81. The van der Waals surface area contributed by atoms with Gasteiger partial charge in [-0.3, -0.25) is 0 Å². The maximum absolute atomic E-state index is 5.73. The van der Waals surface area contributed by atoms with E-state index in [1.807, 2.05) is 18.4 Å². The molecule has 6 heteroatoms. The fourth-order valence-corrected chi connectivity index (χ4v) is 1.55. The molecule has 80 valence electrons. The Morgan fingerprint density at radius 1 is 1.47 bits per heavy atom. The van der Waals surface area contributed by atoms with Crippen molar-refractivity contribution >= 4 is 17.1 Å². The van der Waals surface area contributed by atoms with Crippen LogP contribution in [0.3, 0.4) is 0 Å². The fraction of sp³-hybridized carbons (Fsp3) is 0.444. The molecule has 0 aliphatic rings. The number of imidazole rings is 1. The lowest BCUT2D eigenvalue weighted by Crippen LogP contribution is -2.21. The van der Waals surface area contributed by atoms with E-state index in [1.165, 1.54) is 0 Å². The second kappa shape index (κ2) is 3.47. The molecule has 2 rings (SSSR count). The number of aryl methyl sites for hydroxylation is 1. The molecule has 0 saturated carbocycles. The maximum atomic E-state index is 5.73. The normalized spacial score (nSPS) is 13.3. The second-order valence-electron chi connectivity index (χ2n) is 3.71. The van der Waals surface area contributed by atoms with Crippen LogP contribution in [0.1, 0.15) is 12.6 Å². The zero-order valence-electron chi connectivity index (χ0n) is 8.81. The monoisotopic (exact) mass is 206 g/mol. The second-order valence-corrected chi connectivity index (χ2v) is 3.71. The first-order chi connectivity index (χ1) is 7.08. The van der Waals surface area contributed by atoms with Crippen molar-refractivity contribution in [3.63, 3.8) is 0 Å². The van der Waals surface area contributed by atoms with Crippen LogP contribution in [0.5, 0.6) is 0 Å². The van der Waals surface area contributed by atoms with Crippen LogP contribution in [0.2, 0.25) is 0 Å². The molecule has 0 saturated heterocycles. The predicted molar refractivity (Wildman–Crippen MR) is 58.1 cm³/mol. The third-order valence-electron chi connectivity index (χ3n) is 2.14. The van der Waals surface area contributed by atoms with E-state index in [9.17, 15) is 0 Å². The van der Waals surface area contributed by atoms with Gasteiger partial charge in [-0.15, -0.1) is 0 Å². The van der Waals surface area contributed by atoms with Gasteiger partial charge in [-0.1, -0.05) is 0 Å². The molecule has 1 unspecified atom stereocenters. The van der Waals surface area contributed by atoms with Gasteiger partial charge in [-0.2, -0.15) is 4.98 Å². The Morgan fingerprint density at radius 2 is 2.20 bits per heavy atom. The summed E-state index contributed by atoms with van der Waals surface area (Å²) in [7, 11) is 0. The topological polar surface area (TPSA) is 95.6 Å². The average molecular weight is 206 g/mol. The van der Waals surface area contributed by atoms with Crippen LogP contribution in [0, 0.1) is 6.92 Å². The first kappa shape index (κ1) is 9.85. The highest BCUT2D eigenvalue weighted by atomic mass is 15.2. The highest BCUT2D eigenvalue weighted by Gasteiger charge is 2.09. The lowest BCUT2D eigenvalue weighted by Gasteiger charge is -2.06. The van der Waals surface area contributed by atoms with Gasteiger partial charge in [-0.25, -0.2) is 9.97 Å². The van der Waals surface area contributed by atoms with Crippen molar-refractivity contribution in [2.75, 3.05) is 5.73 Å². The summed E-state index contributed by atoms with van der Waals surface area (Å²) in [6.07, 6.45) is 1.72. The van der Waals surface area contributed by atoms with E-state index in [-0.39, 0.29) is 12.0 Å². The minimum Gasteiger partial charge on any atom is -0.368 e. The predicted octanol–water partition coefficient (Wildman–Crippen LogP) is 0.0641. The SMILES string of the molecule is Cc1nc(N)nc2c1ncn2CC(C)N. The van der Waals surface area contributed by atoms with E-state index in [0.717, 1.165) is 16.9 Å². The molecule has 15 heavy (non-hydrogen) atoms. The Kier molecular flexibility index (Phi) is 2.28. The number of aromatic nitrogens is 4. The molecule has 2 aromatic rings. The summed E-state index contributed by atoms with van der Waals surface area (Å²) in [6, 6.07) is 0.0545. The maximum Gasteiger partial charge on any atom is 0.222 e. The molecule has 0 aliphatic heterocycles. The van der Waals surface area contributed by atoms with E-state index < -0.39 is 0 Å². The Bertz CT molecular complexity index is 487. The van der Waals surface area contributed by atoms with Crippen molar-refractivity contribution < 1.29 is 0 Å². The van der Waals surface area contributed by atoms with Crippen molar-refractivity contribution in [2.24, 2.45) is 5.73 Å². The summed E-state index contributed by atoms with van der Waals surface area (Å²) in [4.78, 5) is 12.5. The number of nitrogens with zero attached hydrogens (tertiary/aromatic N) is 4. The van der Waals surface area contributed by atoms with Gasteiger partial charge < -0.3 is 16.0 Å². The van der Waals surface area contributed by atoms with Gasteiger partial charge >= 0.3 is 0 Å². The zero-order chi connectivity index (χ0) is 11.0. The fourth-order valence-electron chi connectivity index (χ4n) is 1.55. The third kappa shape index (κ3) is 1.75. The van der Waals surface area contributed by atoms with Gasteiger partial charge in [0, 0.05) is 12.6 Å². The van der Waals surface area contributed by atoms with E-state index in [2.05, 4.69) is 15.0 Å². The summed E-state index contributed by atoms with van der Waals surface area (Å²) in [5.41, 5.74) is 13.6. The molecule has 2 aromatic heterocycles. The molecule has 0 spiro atoms. The van der Waals surface area contributed by atoms with E-state index in [4.69, 9.17) is 11.5 Å². The minimum absolute atomic E-state index is 0.0545. The van der Waals surface area contributed by atoms with E-state index in [0.29, 0.717) is 6.54 Å². The molecule has 6 nitrogen and oxygen atoms in total. The number of fused-ring (bicyclic) bond motifs is 1. The van der Waals surface area contributed by atoms with E-state index in [1.54, 1.807) is 6.33 Å². The lowest BCUT2D eigenvalue weighted by atomic mass is 10.3. The molecule has 0 amide bonds. The Labute approximate surface area is 87.3 Å². The van der Waals surface area contributed by atoms with Crippen LogP contribution in [0.15, 0.2) is 6.33 Å². The van der Waals surface area contributed by atoms with Crippen LogP contribution in [-0.2, 0) is 6.54 Å². The van der Waals surface area contributed by atoms with Crippen molar-refractivity contribution in [1.82, 2.24) is 19.5 Å². The minimum atomic E-state index is 0.0545. The Hall–Kier alpha value is -1.69. The summed E-state index contributed by atoms with van der Waals surface area (Å²) in [5, 5.41) is 0. The average Bonchev–Trinajstić information content (AvgIpc) is 2.48. The molecule has 4 N–H and O–H groups in total. The Balaban J connectivity index is 2.58. The van der Waals surface area contributed by atoms with Crippen molar-refractivity contribution in [3.8, 4) is 0 Å².